The maximum Gasteiger partial charge on any atom is 0.508 e. The van der Waals surface area contributed by atoms with Crippen LogP contribution in [0.1, 0.15) is 27.7 Å². The zero-order chi connectivity index (χ0) is 35.4. The third-order valence-corrected chi connectivity index (χ3v) is 5.57. The summed E-state index contributed by atoms with van der Waals surface area (Å²) in [6.45, 7) is 8.84. The summed E-state index contributed by atoms with van der Waals surface area (Å²) in [6.07, 6.45) is -2.46. The SMILES string of the molecule is CCN(CC)OCC1COC(=O)O1.CCN(CC)S(F)(F)F.CS(=O)F.F.F.F.FSF.O=C1OCC(CF)O1.O=C1OCC(CO)O1. The van der Waals surface area contributed by atoms with Crippen molar-refractivity contribution in [2.24, 2.45) is 0 Å². The molecule has 3 aliphatic rings. The lowest BCUT2D eigenvalue weighted by molar-refractivity contribution is -0.169. The van der Waals surface area contributed by atoms with Crippen LogP contribution in [-0.2, 0) is 44.4 Å². The van der Waals surface area contributed by atoms with Gasteiger partial charge in [-0.15, -0.1) is 23.3 Å². The highest BCUT2D eigenvalue weighted by Gasteiger charge is 2.28. The van der Waals surface area contributed by atoms with E-state index >= 15 is 0 Å². The first kappa shape index (κ1) is 58.0. The second kappa shape index (κ2) is 36.1. The van der Waals surface area contributed by atoms with Gasteiger partial charge in [0, 0.05) is 32.4 Å². The van der Waals surface area contributed by atoms with E-state index in [9.17, 15) is 42.1 Å². The Kier molecular flexibility index (Phi) is 43.6. The number of aliphatic hydroxyl groups excluding tert-OH is 1. The summed E-state index contributed by atoms with van der Waals surface area (Å²) in [5.41, 5.74) is 0. The second-order valence-corrected chi connectivity index (χ2v) is 9.75. The van der Waals surface area contributed by atoms with Crippen LogP contribution in [0.2, 0.25) is 0 Å². The average Bonchev–Trinajstić information content (AvgIpc) is 3.71. The van der Waals surface area contributed by atoms with Gasteiger partial charge >= 0.3 is 18.5 Å². The van der Waals surface area contributed by atoms with Gasteiger partial charge in [-0.05, 0) is 0 Å². The van der Waals surface area contributed by atoms with Crippen LogP contribution in [0, 0.1) is 0 Å². The Morgan fingerprint density at radius 2 is 1.15 bits per heavy atom. The third-order valence-electron chi connectivity index (χ3n) is 4.47. The first-order chi connectivity index (χ1) is 21.1. The normalized spacial score (nSPS) is 19.3. The average molecular weight is 801 g/mol. The summed E-state index contributed by atoms with van der Waals surface area (Å²) in [6, 6.07) is 0. The molecule has 4 atom stereocenters. The molecular formula is C21H42F10N2O12S3. The Labute approximate surface area is 279 Å². The molecule has 14 nitrogen and oxygen atoms in total. The maximum atomic E-state index is 11.7. The number of hydroxylamine groups is 2. The monoisotopic (exact) mass is 800 g/mol. The summed E-state index contributed by atoms with van der Waals surface area (Å²) < 4.78 is 112. The second-order valence-electron chi connectivity index (χ2n) is 7.59. The Hall–Kier alpha value is -2.20. The Bertz CT molecular complexity index is 782. The zero-order valence-corrected chi connectivity index (χ0v) is 28.7. The summed E-state index contributed by atoms with van der Waals surface area (Å²) in [4.78, 5) is 35.9. The Morgan fingerprint density at radius 1 is 0.812 bits per heavy atom. The van der Waals surface area contributed by atoms with E-state index in [0.717, 1.165) is 19.3 Å². The minimum Gasteiger partial charge on any atom is -0.430 e. The Balaban J connectivity index is -0.000000114. The summed E-state index contributed by atoms with van der Waals surface area (Å²) in [5, 5.41) is 10.1. The molecule has 0 spiro atoms. The zero-order valence-electron chi connectivity index (χ0n) is 26.2. The molecule has 0 aromatic heterocycles. The standard InChI is InChI=1S/C8H15NO4.C4H10F3NS.C4H5FO3.C4H6O4.CH3FOS.F2S.3FH/c1-3-9(4-2)12-6-7-5-11-8(10)13-7;1-3-8(4-2)9(5,6)7;2*5-1-3-2-7-4(6)8-3;1-4(2)3;1-3-2;;;/h7H,3-6H2,1-2H3;3-4H2,1-2H3;3H,1-2H2;3,5H,1-2H2;1H3;;3*1H. The first-order valence-electron chi connectivity index (χ1n) is 12.7. The summed E-state index contributed by atoms with van der Waals surface area (Å²) in [7, 11) is 0. The number of cyclic esters (lactones) is 6. The highest BCUT2D eigenvalue weighted by Crippen LogP contribution is 2.56. The van der Waals surface area contributed by atoms with Crippen LogP contribution in [-0.4, -0.2) is 128 Å². The van der Waals surface area contributed by atoms with Gasteiger partial charge in [-0.3, -0.25) is 19.0 Å². The van der Waals surface area contributed by atoms with E-state index in [-0.39, 0.29) is 53.1 Å². The topological polar surface area (TPSA) is 160 Å². The molecule has 3 aliphatic heterocycles. The third kappa shape index (κ3) is 35.1. The maximum absolute atomic E-state index is 11.7. The van der Waals surface area contributed by atoms with Crippen LogP contribution in [0.4, 0.5) is 56.2 Å². The number of carbonyl (C=O) groups excluding carboxylic acids is 3. The molecule has 0 aromatic rings. The lowest BCUT2D eigenvalue weighted by Gasteiger charge is -2.23. The predicted molar refractivity (Wildman–Crippen MR) is 157 cm³/mol. The molecule has 296 valence electrons. The van der Waals surface area contributed by atoms with E-state index in [4.69, 9.17) is 18.9 Å². The van der Waals surface area contributed by atoms with Crippen LogP contribution < -0.4 is 0 Å². The van der Waals surface area contributed by atoms with E-state index in [1.807, 2.05) is 13.8 Å². The van der Waals surface area contributed by atoms with Gasteiger partial charge in [0.2, 0.25) is 0 Å². The lowest BCUT2D eigenvalue weighted by atomic mass is 10.4. The van der Waals surface area contributed by atoms with Crippen molar-refractivity contribution in [3.63, 3.8) is 0 Å². The number of hydrogen-bond donors (Lipinski definition) is 1. The van der Waals surface area contributed by atoms with E-state index in [1.165, 1.54) is 13.8 Å². The molecule has 0 saturated carbocycles. The van der Waals surface area contributed by atoms with Gasteiger partial charge in [0.05, 0.1) is 6.61 Å². The fraction of sp³-hybridized carbons (Fsp3) is 0.857. The minimum absolute atomic E-state index is 0. The molecule has 0 aromatic carbocycles. The number of carbonyl (C=O) groups is 3. The van der Waals surface area contributed by atoms with Crippen LogP contribution in [0.15, 0.2) is 0 Å². The number of aliphatic hydroxyl groups is 1. The van der Waals surface area contributed by atoms with Crippen molar-refractivity contribution in [2.75, 3.05) is 72.1 Å². The van der Waals surface area contributed by atoms with Gasteiger partial charge < -0.3 is 33.5 Å². The molecule has 0 amide bonds. The fourth-order valence-electron chi connectivity index (χ4n) is 2.45. The molecule has 1 N–H and O–H groups in total. The first-order valence-corrected chi connectivity index (χ1v) is 16.1. The smallest absolute Gasteiger partial charge is 0.430 e. The molecule has 0 aliphatic carbocycles. The largest absolute Gasteiger partial charge is 0.508 e. The van der Waals surface area contributed by atoms with Crippen LogP contribution in [0.5, 0.6) is 0 Å². The number of ether oxygens (including phenoxy) is 6. The number of hydrogen-bond acceptors (Lipinski definition) is 15. The van der Waals surface area contributed by atoms with E-state index in [0.29, 0.717) is 17.5 Å². The van der Waals surface area contributed by atoms with Crippen LogP contribution in [0.25, 0.3) is 0 Å². The van der Waals surface area contributed by atoms with Crippen molar-refractivity contribution in [3.05, 3.63) is 0 Å². The highest BCUT2D eigenvalue weighted by molar-refractivity contribution is 8.18. The number of alkyl halides is 1. The number of nitrogens with zero attached hydrogens (tertiary/aromatic N) is 2. The van der Waals surface area contributed by atoms with Crippen LogP contribution >= 0.6 is 23.9 Å². The van der Waals surface area contributed by atoms with Gasteiger partial charge in [0.25, 0.3) is 23.9 Å². The molecule has 0 radical (unpaired) electrons. The molecule has 3 rings (SSSR count). The van der Waals surface area contributed by atoms with E-state index in [2.05, 4.69) is 23.7 Å². The van der Waals surface area contributed by atoms with Gasteiger partial charge in [0.15, 0.2) is 29.5 Å². The summed E-state index contributed by atoms with van der Waals surface area (Å²) >= 11 is -8.29. The minimum atomic E-state index is -4.93. The molecule has 27 heteroatoms. The van der Waals surface area contributed by atoms with E-state index in [1.54, 1.807) is 5.06 Å². The summed E-state index contributed by atoms with van der Waals surface area (Å²) in [5.74, 6) is 0. The Morgan fingerprint density at radius 3 is 1.31 bits per heavy atom. The quantitative estimate of drug-likeness (QED) is 0.0943. The molecule has 48 heavy (non-hydrogen) atoms. The predicted octanol–water partition coefficient (Wildman–Crippen LogP) is 5.70. The highest BCUT2D eigenvalue weighted by atomic mass is 32.3. The molecule has 0 bridgehead atoms. The lowest BCUT2D eigenvalue weighted by Crippen LogP contribution is -2.29. The van der Waals surface area contributed by atoms with E-state index < -0.39 is 72.4 Å². The van der Waals surface area contributed by atoms with Gasteiger partial charge in [-0.25, -0.2) is 23.0 Å². The van der Waals surface area contributed by atoms with Crippen molar-refractivity contribution in [1.82, 2.24) is 9.37 Å². The van der Waals surface area contributed by atoms with Crippen molar-refractivity contribution in [2.45, 2.75) is 46.0 Å². The number of rotatable bonds is 10. The van der Waals surface area contributed by atoms with Crippen molar-refractivity contribution < 1.29 is 98.8 Å². The molecule has 3 fully saturated rings. The van der Waals surface area contributed by atoms with Crippen LogP contribution in [0.3, 0.4) is 0 Å². The van der Waals surface area contributed by atoms with Crippen molar-refractivity contribution >= 4 is 53.6 Å². The van der Waals surface area contributed by atoms with Gasteiger partial charge in [-0.1, -0.05) is 27.7 Å². The van der Waals surface area contributed by atoms with Crippen molar-refractivity contribution in [1.29, 1.82) is 0 Å². The molecule has 3 saturated heterocycles. The van der Waals surface area contributed by atoms with Crippen molar-refractivity contribution in [3.8, 4) is 0 Å². The molecular weight excluding hydrogens is 758 g/mol. The molecule has 3 heterocycles. The van der Waals surface area contributed by atoms with Gasteiger partial charge in [-0.2, -0.15) is 9.37 Å². The van der Waals surface area contributed by atoms with Gasteiger partial charge in [0.1, 0.15) is 33.1 Å². The molecule has 4 unspecified atom stereocenters. The number of halogens is 10. The fourth-order valence-corrected chi connectivity index (χ4v) is 3.04.